The van der Waals surface area contributed by atoms with Crippen LogP contribution in [-0.4, -0.2) is 5.78 Å². The van der Waals surface area contributed by atoms with E-state index in [1.165, 1.54) is 0 Å². The van der Waals surface area contributed by atoms with E-state index in [1.54, 1.807) is 0 Å². The van der Waals surface area contributed by atoms with Crippen LogP contribution >= 0.6 is 0 Å². The van der Waals surface area contributed by atoms with E-state index in [4.69, 9.17) is 0 Å². The van der Waals surface area contributed by atoms with Crippen LogP contribution in [0.25, 0.3) is 0 Å². The summed E-state index contributed by atoms with van der Waals surface area (Å²) < 4.78 is 0. The van der Waals surface area contributed by atoms with Gasteiger partial charge in [0, 0.05) is 19.3 Å². The Morgan fingerprint density at radius 3 is 2.47 bits per heavy atom. The number of ketones is 1. The molecule has 0 saturated heterocycles. The van der Waals surface area contributed by atoms with E-state index in [0.29, 0.717) is 19.3 Å². The summed E-state index contributed by atoms with van der Waals surface area (Å²) in [5.74, 6) is 0.0446. The number of carbonyl (C=O) groups excluding carboxylic acids is 1. The van der Waals surface area contributed by atoms with Gasteiger partial charge in [-0.3, -0.25) is 4.79 Å². The number of hydrogen-bond donors (Lipinski definition) is 0. The summed E-state index contributed by atoms with van der Waals surface area (Å²) in [6.07, 6.45) is 2.95. The lowest BCUT2D eigenvalue weighted by Gasteiger charge is -2.31. The molecule has 0 amide bonds. The van der Waals surface area contributed by atoms with Crippen molar-refractivity contribution in [2.45, 2.75) is 32.1 Å². The van der Waals surface area contributed by atoms with Crippen LogP contribution in [0.1, 0.15) is 31.2 Å². The highest BCUT2D eigenvalue weighted by Crippen LogP contribution is 2.39. The molecule has 1 saturated carbocycles. The monoisotopic (exact) mass is 252 g/mol. The van der Waals surface area contributed by atoms with Crippen LogP contribution in [0.15, 0.2) is 30.3 Å². The first-order chi connectivity index (χ1) is 9.20. The number of rotatable bonds is 3. The Balaban J connectivity index is 2.25. The normalized spacial score (nSPS) is 19.5. The highest BCUT2D eigenvalue weighted by atomic mass is 16.1. The van der Waals surface area contributed by atoms with Gasteiger partial charge in [-0.25, -0.2) is 0 Å². The van der Waals surface area contributed by atoms with Gasteiger partial charge in [-0.05, 0) is 24.3 Å². The molecule has 3 nitrogen and oxygen atoms in total. The maximum absolute atomic E-state index is 11.6. The summed E-state index contributed by atoms with van der Waals surface area (Å²) in [5.41, 5.74) is -0.0964. The van der Waals surface area contributed by atoms with Crippen LogP contribution in [0.2, 0.25) is 0 Å². The van der Waals surface area contributed by atoms with Gasteiger partial charge in [-0.1, -0.05) is 30.3 Å². The summed E-state index contributed by atoms with van der Waals surface area (Å²) in [4.78, 5) is 11.6. The minimum Gasteiger partial charge on any atom is -0.300 e. The third-order valence-electron chi connectivity index (χ3n) is 3.90. The van der Waals surface area contributed by atoms with Gasteiger partial charge < -0.3 is 0 Å². The van der Waals surface area contributed by atoms with Crippen LogP contribution in [-0.2, 0) is 11.2 Å². The molecule has 0 bridgehead atoms. The third kappa shape index (κ3) is 2.83. The first-order valence-electron chi connectivity index (χ1n) is 6.58. The molecule has 96 valence electrons. The van der Waals surface area contributed by atoms with Crippen molar-refractivity contribution in [2.24, 2.45) is 11.3 Å². The fourth-order valence-corrected chi connectivity index (χ4v) is 2.79. The lowest BCUT2D eigenvalue weighted by Crippen LogP contribution is -2.34. The van der Waals surface area contributed by atoms with Crippen molar-refractivity contribution in [3.63, 3.8) is 0 Å². The van der Waals surface area contributed by atoms with Crippen molar-refractivity contribution in [2.75, 3.05) is 0 Å². The Bertz CT molecular complexity index is 522. The van der Waals surface area contributed by atoms with E-state index < -0.39 is 5.41 Å². The molecule has 2 rings (SSSR count). The van der Waals surface area contributed by atoms with Crippen molar-refractivity contribution >= 4 is 5.78 Å². The fraction of sp³-hybridized carbons (Fsp3) is 0.438. The van der Waals surface area contributed by atoms with Crippen molar-refractivity contribution in [3.05, 3.63) is 35.9 Å². The molecule has 1 aliphatic carbocycles. The lowest BCUT2D eigenvalue weighted by molar-refractivity contribution is -0.122. The minimum absolute atomic E-state index is 0.135. The van der Waals surface area contributed by atoms with Crippen LogP contribution in [0.5, 0.6) is 0 Å². The van der Waals surface area contributed by atoms with Crippen molar-refractivity contribution in [1.82, 2.24) is 0 Å². The smallest absolute Gasteiger partial charge is 0.151 e. The lowest BCUT2D eigenvalue weighted by atomic mass is 9.67. The topological polar surface area (TPSA) is 64.7 Å². The number of nitrogens with zero attached hydrogens (tertiary/aromatic N) is 2. The van der Waals surface area contributed by atoms with E-state index >= 15 is 0 Å². The Hall–Kier alpha value is -2.13. The van der Waals surface area contributed by atoms with Gasteiger partial charge >= 0.3 is 0 Å². The Morgan fingerprint density at radius 2 is 1.89 bits per heavy atom. The van der Waals surface area contributed by atoms with Crippen LogP contribution in [0.3, 0.4) is 0 Å². The molecule has 1 aromatic carbocycles. The van der Waals surface area contributed by atoms with Gasteiger partial charge in [-0.15, -0.1) is 0 Å². The number of nitriles is 2. The van der Waals surface area contributed by atoms with Gasteiger partial charge in [0.15, 0.2) is 5.41 Å². The summed E-state index contributed by atoms with van der Waals surface area (Å²) in [6.45, 7) is 0. The van der Waals surface area contributed by atoms with E-state index in [9.17, 15) is 15.3 Å². The van der Waals surface area contributed by atoms with Crippen LogP contribution < -0.4 is 0 Å². The minimum atomic E-state index is -1.07. The molecule has 1 aromatic rings. The number of benzene rings is 1. The molecule has 1 aliphatic rings. The number of carbonyl (C=O) groups is 1. The maximum atomic E-state index is 11.6. The van der Waals surface area contributed by atoms with Gasteiger partial charge in [0.05, 0.1) is 12.1 Å². The van der Waals surface area contributed by atoms with Crippen LogP contribution in [0.4, 0.5) is 0 Å². The van der Waals surface area contributed by atoms with Crippen molar-refractivity contribution in [1.29, 1.82) is 10.5 Å². The molecule has 3 heteroatoms. The highest BCUT2D eigenvalue weighted by molar-refractivity contribution is 5.79. The zero-order valence-corrected chi connectivity index (χ0v) is 10.8. The first kappa shape index (κ1) is 13.3. The Labute approximate surface area is 113 Å². The molecular formula is C16H16N2O. The molecule has 1 unspecified atom stereocenters. The Kier molecular flexibility index (Phi) is 3.97. The standard InChI is InChI=1S/C16H16N2O/c17-11-16(12-18,10-13-5-2-1-3-6-13)14-7-4-8-15(19)9-14/h1-3,5-6,14H,4,7-10H2. The second-order valence-electron chi connectivity index (χ2n) is 5.19. The summed E-state index contributed by atoms with van der Waals surface area (Å²) in [5, 5.41) is 19.0. The molecule has 1 fully saturated rings. The number of Topliss-reactive ketones (excluding diaryl/α,β-unsaturated/α-hetero) is 1. The molecule has 0 heterocycles. The van der Waals surface area contributed by atoms with Gasteiger partial charge in [0.1, 0.15) is 5.78 Å². The quantitative estimate of drug-likeness (QED) is 0.830. The van der Waals surface area contributed by atoms with E-state index in [1.807, 2.05) is 30.3 Å². The molecule has 0 aliphatic heterocycles. The van der Waals surface area contributed by atoms with Crippen LogP contribution in [0, 0.1) is 34.0 Å². The van der Waals surface area contributed by atoms with E-state index in [0.717, 1.165) is 18.4 Å². The SMILES string of the molecule is N#CC(C#N)(Cc1ccccc1)C1CCCC(=O)C1. The molecule has 1 atom stereocenters. The molecule has 0 aromatic heterocycles. The summed E-state index contributed by atoms with van der Waals surface area (Å²) >= 11 is 0. The zero-order chi connectivity index (χ0) is 13.7. The van der Waals surface area contributed by atoms with E-state index in [2.05, 4.69) is 12.1 Å². The van der Waals surface area contributed by atoms with Gasteiger partial charge in [0.25, 0.3) is 0 Å². The highest BCUT2D eigenvalue weighted by Gasteiger charge is 2.41. The zero-order valence-electron chi connectivity index (χ0n) is 10.8. The van der Waals surface area contributed by atoms with Gasteiger partial charge in [0.2, 0.25) is 0 Å². The maximum Gasteiger partial charge on any atom is 0.151 e. The first-order valence-corrected chi connectivity index (χ1v) is 6.58. The van der Waals surface area contributed by atoms with Gasteiger partial charge in [-0.2, -0.15) is 10.5 Å². The molecular weight excluding hydrogens is 236 g/mol. The predicted octanol–water partition coefficient (Wildman–Crippen LogP) is 3.02. The molecule has 0 N–H and O–H groups in total. The average Bonchev–Trinajstić information content (AvgIpc) is 2.46. The molecule has 0 radical (unpaired) electrons. The molecule has 0 spiro atoms. The largest absolute Gasteiger partial charge is 0.300 e. The number of hydrogen-bond acceptors (Lipinski definition) is 3. The van der Waals surface area contributed by atoms with Crippen molar-refractivity contribution in [3.8, 4) is 12.1 Å². The average molecular weight is 252 g/mol. The fourth-order valence-electron chi connectivity index (χ4n) is 2.79. The second kappa shape index (κ2) is 5.67. The second-order valence-corrected chi connectivity index (χ2v) is 5.19. The predicted molar refractivity (Wildman–Crippen MR) is 70.8 cm³/mol. The molecule has 19 heavy (non-hydrogen) atoms. The van der Waals surface area contributed by atoms with Crippen molar-refractivity contribution < 1.29 is 4.79 Å². The Morgan fingerprint density at radius 1 is 1.21 bits per heavy atom. The summed E-state index contributed by atoms with van der Waals surface area (Å²) in [7, 11) is 0. The van der Waals surface area contributed by atoms with E-state index in [-0.39, 0.29) is 11.7 Å². The summed E-state index contributed by atoms with van der Waals surface area (Å²) in [6, 6.07) is 13.9. The third-order valence-corrected chi connectivity index (χ3v) is 3.90.